The molecule has 0 bridgehead atoms. The van der Waals surface area contributed by atoms with Crippen LogP contribution in [0.2, 0.25) is 5.02 Å². The number of carboxylic acids is 1. The van der Waals surface area contributed by atoms with E-state index in [2.05, 4.69) is 25.5 Å². The Bertz CT molecular complexity index is 1240. The molecular weight excluding hydrogens is 418 g/mol. The van der Waals surface area contributed by atoms with Gasteiger partial charge in [0.2, 0.25) is 5.95 Å². The molecule has 31 heavy (non-hydrogen) atoms. The molecule has 156 valence electrons. The zero-order valence-electron chi connectivity index (χ0n) is 16.2. The zero-order valence-corrected chi connectivity index (χ0v) is 17.0. The van der Waals surface area contributed by atoms with Crippen LogP contribution in [0.4, 0.5) is 5.95 Å². The fourth-order valence-corrected chi connectivity index (χ4v) is 3.26. The molecule has 2 aromatic carbocycles. The van der Waals surface area contributed by atoms with E-state index in [1.54, 1.807) is 54.9 Å². The van der Waals surface area contributed by atoms with Gasteiger partial charge in [-0.1, -0.05) is 29.8 Å². The number of nitrogens with one attached hydrogen (secondary N) is 2. The quantitative estimate of drug-likeness (QED) is 0.342. The summed E-state index contributed by atoms with van der Waals surface area (Å²) >= 11 is 5.90. The molecule has 2 heterocycles. The molecule has 0 saturated heterocycles. The van der Waals surface area contributed by atoms with Crippen LogP contribution in [0, 0.1) is 0 Å². The van der Waals surface area contributed by atoms with E-state index in [-0.39, 0.29) is 16.3 Å². The van der Waals surface area contributed by atoms with Gasteiger partial charge in [0.05, 0.1) is 16.3 Å². The van der Waals surface area contributed by atoms with Gasteiger partial charge in [0.1, 0.15) is 11.4 Å². The summed E-state index contributed by atoms with van der Waals surface area (Å²) in [4.78, 5) is 19.9. The molecular formula is C22H18ClN5O3. The fourth-order valence-electron chi connectivity index (χ4n) is 3.14. The topological polar surface area (TPSA) is 124 Å². The zero-order chi connectivity index (χ0) is 21.8. The van der Waals surface area contributed by atoms with E-state index in [0.29, 0.717) is 35.9 Å². The van der Waals surface area contributed by atoms with Crippen LogP contribution in [0.25, 0.3) is 22.5 Å². The number of phenols is 1. The number of anilines is 1. The lowest BCUT2D eigenvalue weighted by Crippen LogP contribution is -2.08. The third kappa shape index (κ3) is 4.65. The van der Waals surface area contributed by atoms with Crippen molar-refractivity contribution >= 4 is 23.5 Å². The second-order valence-corrected chi connectivity index (χ2v) is 7.17. The van der Waals surface area contributed by atoms with Crippen LogP contribution < -0.4 is 5.32 Å². The van der Waals surface area contributed by atoms with E-state index in [0.717, 1.165) is 11.1 Å². The van der Waals surface area contributed by atoms with E-state index >= 15 is 0 Å². The number of carboxylic acid groups (broad SMARTS) is 1. The van der Waals surface area contributed by atoms with Crippen LogP contribution in [0.5, 0.6) is 5.75 Å². The number of phenolic OH excluding ortho intramolecular Hbond substituents is 1. The molecule has 0 saturated carbocycles. The Balaban J connectivity index is 1.49. The predicted octanol–water partition coefficient (Wildman–Crippen LogP) is 4.25. The number of aromatic nitrogens is 4. The average molecular weight is 436 g/mol. The van der Waals surface area contributed by atoms with Crippen molar-refractivity contribution in [2.75, 3.05) is 11.9 Å². The van der Waals surface area contributed by atoms with Gasteiger partial charge < -0.3 is 15.5 Å². The average Bonchev–Trinajstić information content (AvgIpc) is 3.26. The third-order valence-corrected chi connectivity index (χ3v) is 4.98. The first-order valence-corrected chi connectivity index (χ1v) is 9.81. The molecule has 0 aliphatic heterocycles. The predicted molar refractivity (Wildman–Crippen MR) is 117 cm³/mol. The number of aromatic hydroxyl groups is 1. The smallest absolute Gasteiger partial charge is 0.335 e. The third-order valence-electron chi connectivity index (χ3n) is 4.66. The Hall–Kier alpha value is -3.91. The number of hydrogen-bond donors (Lipinski definition) is 4. The summed E-state index contributed by atoms with van der Waals surface area (Å²) < 4.78 is 0. The van der Waals surface area contributed by atoms with Gasteiger partial charge in [0.15, 0.2) is 0 Å². The highest BCUT2D eigenvalue weighted by molar-refractivity contribution is 6.32. The highest BCUT2D eigenvalue weighted by Gasteiger charge is 2.14. The fraction of sp³-hybridized carbons (Fsp3) is 0.0909. The minimum absolute atomic E-state index is 0.0230. The van der Waals surface area contributed by atoms with Crippen molar-refractivity contribution in [1.29, 1.82) is 0 Å². The largest absolute Gasteiger partial charge is 0.506 e. The summed E-state index contributed by atoms with van der Waals surface area (Å²) in [7, 11) is 0. The van der Waals surface area contributed by atoms with E-state index in [1.165, 1.54) is 0 Å². The molecule has 0 unspecified atom stereocenters. The van der Waals surface area contributed by atoms with Gasteiger partial charge in [-0.3, -0.25) is 5.10 Å². The van der Waals surface area contributed by atoms with Gasteiger partial charge in [0, 0.05) is 30.1 Å². The molecule has 0 amide bonds. The van der Waals surface area contributed by atoms with Crippen LogP contribution in [-0.2, 0) is 6.42 Å². The van der Waals surface area contributed by atoms with Crippen molar-refractivity contribution in [1.82, 2.24) is 20.2 Å². The number of rotatable bonds is 7. The maximum absolute atomic E-state index is 11.1. The second-order valence-electron chi connectivity index (χ2n) is 6.76. The molecule has 8 nitrogen and oxygen atoms in total. The number of carbonyl (C=O) groups is 1. The summed E-state index contributed by atoms with van der Waals surface area (Å²) in [6.07, 6.45) is 3.99. The van der Waals surface area contributed by atoms with Crippen molar-refractivity contribution in [3.63, 3.8) is 0 Å². The SMILES string of the molecule is O=C(O)c1cccc(CCNc2nccc(-c3c[nH]nc3-c3ccc(Cl)c(O)c3)n2)c1. The number of benzene rings is 2. The highest BCUT2D eigenvalue weighted by atomic mass is 35.5. The Morgan fingerprint density at radius 3 is 2.84 bits per heavy atom. The summed E-state index contributed by atoms with van der Waals surface area (Å²) in [5, 5.41) is 29.6. The van der Waals surface area contributed by atoms with Crippen LogP contribution in [0.1, 0.15) is 15.9 Å². The molecule has 2 aromatic heterocycles. The van der Waals surface area contributed by atoms with E-state index < -0.39 is 5.97 Å². The maximum atomic E-state index is 11.1. The Morgan fingerprint density at radius 1 is 1.16 bits per heavy atom. The first kappa shape index (κ1) is 20.4. The van der Waals surface area contributed by atoms with E-state index in [1.807, 2.05) is 6.07 Å². The molecule has 4 N–H and O–H groups in total. The van der Waals surface area contributed by atoms with Gasteiger partial charge in [-0.25, -0.2) is 14.8 Å². The van der Waals surface area contributed by atoms with Crippen LogP contribution >= 0.6 is 11.6 Å². The van der Waals surface area contributed by atoms with Crippen LogP contribution in [-0.4, -0.2) is 42.9 Å². The number of hydrogen-bond acceptors (Lipinski definition) is 6. The van der Waals surface area contributed by atoms with Crippen molar-refractivity contribution < 1.29 is 15.0 Å². The standard InChI is InChI=1S/C22H18ClN5O3/c23-17-5-4-14(11-19(17)29)20-16(12-26-28-20)18-7-9-25-22(27-18)24-8-6-13-2-1-3-15(10-13)21(30)31/h1-5,7,9-12,29H,6,8H2,(H,26,28)(H,30,31)(H,24,25,27). The minimum Gasteiger partial charge on any atom is -0.506 e. The Labute approximate surface area is 182 Å². The molecule has 0 fully saturated rings. The molecule has 4 aromatic rings. The molecule has 0 atom stereocenters. The summed E-state index contributed by atoms with van der Waals surface area (Å²) in [5.74, 6) is -0.529. The lowest BCUT2D eigenvalue weighted by atomic mass is 10.1. The van der Waals surface area contributed by atoms with Crippen molar-refractivity contribution in [3.05, 3.63) is 77.1 Å². The van der Waals surface area contributed by atoms with E-state index in [9.17, 15) is 9.90 Å². The van der Waals surface area contributed by atoms with Crippen LogP contribution in [0.3, 0.4) is 0 Å². The monoisotopic (exact) mass is 435 g/mol. The second kappa shape index (κ2) is 8.85. The minimum atomic E-state index is -0.948. The van der Waals surface area contributed by atoms with Gasteiger partial charge in [-0.15, -0.1) is 0 Å². The summed E-state index contributed by atoms with van der Waals surface area (Å²) in [6.45, 7) is 0.538. The maximum Gasteiger partial charge on any atom is 0.335 e. The normalized spacial score (nSPS) is 10.7. The molecule has 0 radical (unpaired) electrons. The van der Waals surface area contributed by atoms with E-state index in [4.69, 9.17) is 16.7 Å². The van der Waals surface area contributed by atoms with Crippen molar-refractivity contribution in [3.8, 4) is 28.3 Å². The van der Waals surface area contributed by atoms with Gasteiger partial charge >= 0.3 is 5.97 Å². The molecule has 4 rings (SSSR count). The van der Waals surface area contributed by atoms with Crippen molar-refractivity contribution in [2.45, 2.75) is 6.42 Å². The summed E-state index contributed by atoms with van der Waals surface area (Å²) in [5.41, 5.74) is 3.90. The highest BCUT2D eigenvalue weighted by Crippen LogP contribution is 2.33. The lowest BCUT2D eigenvalue weighted by Gasteiger charge is -2.08. The van der Waals surface area contributed by atoms with Crippen molar-refractivity contribution in [2.24, 2.45) is 0 Å². The number of nitrogens with zero attached hydrogens (tertiary/aromatic N) is 3. The summed E-state index contributed by atoms with van der Waals surface area (Å²) in [6, 6.07) is 13.5. The molecule has 0 aliphatic carbocycles. The van der Waals surface area contributed by atoms with Gasteiger partial charge in [0.25, 0.3) is 0 Å². The van der Waals surface area contributed by atoms with Gasteiger partial charge in [-0.05, 0) is 42.3 Å². The lowest BCUT2D eigenvalue weighted by molar-refractivity contribution is 0.0696. The number of H-pyrrole nitrogens is 1. The molecule has 9 heteroatoms. The van der Waals surface area contributed by atoms with Crippen LogP contribution in [0.15, 0.2) is 60.9 Å². The Kier molecular flexibility index (Phi) is 5.81. The Morgan fingerprint density at radius 2 is 2.03 bits per heavy atom. The number of aromatic carboxylic acids is 1. The first-order chi connectivity index (χ1) is 15.0. The molecule has 0 spiro atoms. The number of aromatic amines is 1. The first-order valence-electron chi connectivity index (χ1n) is 9.43. The number of halogens is 1. The van der Waals surface area contributed by atoms with Gasteiger partial charge in [-0.2, -0.15) is 5.10 Å². The molecule has 0 aliphatic rings.